The molecule has 1 aliphatic rings. The Hall–Kier alpha value is -11.6. The fraction of sp³-hybridized carbons (Fsp3) is 0.0652. The van der Waals surface area contributed by atoms with Crippen LogP contribution in [0.2, 0.25) is 0 Å². The first kappa shape index (κ1) is 52.1. The Morgan fingerprint density at radius 1 is 0.202 bits per heavy atom. The Kier molecular flexibility index (Phi) is 10.8. The predicted molar refractivity (Wildman–Crippen MR) is 409 cm³/mol. The number of anilines is 2. The summed E-state index contributed by atoms with van der Waals surface area (Å²) < 4.78 is 0. The van der Waals surface area contributed by atoms with Crippen LogP contribution in [0.5, 0.6) is 0 Å². The second-order valence-electron chi connectivity index (χ2n) is 26.7. The molecular formula is C92H60N2. The van der Waals surface area contributed by atoms with Gasteiger partial charge in [0.15, 0.2) is 0 Å². The van der Waals surface area contributed by atoms with Crippen LogP contribution in [0.25, 0.3) is 218 Å². The first-order chi connectivity index (χ1) is 46.5. The second kappa shape index (κ2) is 19.5. The lowest BCUT2D eigenvalue weighted by molar-refractivity contribution is 0.981. The molecule has 2 nitrogen and oxygen atoms in total. The molecule has 1 aliphatic carbocycles. The summed E-state index contributed by atoms with van der Waals surface area (Å²) >= 11 is 0. The summed E-state index contributed by atoms with van der Waals surface area (Å²) in [5.74, 6) is 0. The average Bonchev–Trinajstić information content (AvgIpc) is 1.50. The zero-order valence-electron chi connectivity index (χ0n) is 52.2. The van der Waals surface area contributed by atoms with Crippen molar-refractivity contribution in [1.82, 2.24) is 0 Å². The van der Waals surface area contributed by atoms with Crippen LogP contribution in [0.1, 0.15) is 26.7 Å². The summed E-state index contributed by atoms with van der Waals surface area (Å²) in [6.07, 6.45) is 1.99. The zero-order valence-corrected chi connectivity index (χ0v) is 52.2. The maximum Gasteiger partial charge on any atom is 0.0514 e. The van der Waals surface area contributed by atoms with Crippen molar-refractivity contribution in [2.75, 3.05) is 23.7 Å². The topological polar surface area (TPSA) is 24.1 Å². The van der Waals surface area contributed by atoms with Gasteiger partial charge in [0.25, 0.3) is 0 Å². The van der Waals surface area contributed by atoms with Gasteiger partial charge in [-0.2, -0.15) is 0 Å². The maximum absolute atomic E-state index is 4.25. The van der Waals surface area contributed by atoms with E-state index in [0.717, 1.165) is 25.9 Å². The molecule has 0 aliphatic heterocycles. The number of rotatable bonds is 10. The molecule has 0 bridgehead atoms. The SMILES string of the molecule is CCCNc1c2c3ccc4c5c(ccc(c2c(NCCC)c2c6ccc7c8cc(-c9ccc%10ccccc%10c9)cc9cc(-c%10ccc%11ccccc%11c%10)cc(c%10ccc(c12)c6c%107)c98)c53)-c1c-4c(-c2ccc3ccccc3c2)c2ccccc2c1-c1ccc2ccccc2c1. The van der Waals surface area contributed by atoms with Gasteiger partial charge < -0.3 is 10.6 Å². The molecule has 0 saturated carbocycles. The summed E-state index contributed by atoms with van der Waals surface area (Å²) in [7, 11) is 0. The number of nitrogens with one attached hydrogen (secondary N) is 2. The van der Waals surface area contributed by atoms with Crippen LogP contribution in [0.3, 0.4) is 0 Å². The van der Waals surface area contributed by atoms with Gasteiger partial charge in [-0.1, -0.05) is 232 Å². The van der Waals surface area contributed by atoms with Crippen molar-refractivity contribution in [3.63, 3.8) is 0 Å². The molecule has 2 heteroatoms. The van der Waals surface area contributed by atoms with Crippen molar-refractivity contribution in [3.05, 3.63) is 267 Å². The molecule has 0 amide bonds. The molecule has 0 heterocycles. The number of fused-ring (bicyclic) bond motifs is 16. The third kappa shape index (κ3) is 7.09. The maximum atomic E-state index is 4.25. The largest absolute Gasteiger partial charge is 0.384 e. The summed E-state index contributed by atoms with van der Waals surface area (Å²) in [5, 5.41) is 44.6. The van der Waals surface area contributed by atoms with Crippen LogP contribution in [-0.2, 0) is 0 Å². The van der Waals surface area contributed by atoms with Crippen molar-refractivity contribution in [2.24, 2.45) is 0 Å². The quantitative estimate of drug-likeness (QED) is 0.0810. The molecule has 0 fully saturated rings. The summed E-state index contributed by atoms with van der Waals surface area (Å²) in [5.41, 5.74) is 17.7. The monoisotopic (exact) mass is 1190 g/mol. The van der Waals surface area contributed by atoms with Crippen LogP contribution < -0.4 is 10.6 Å². The summed E-state index contributed by atoms with van der Waals surface area (Å²) in [6, 6.07) is 102. The van der Waals surface area contributed by atoms with Crippen molar-refractivity contribution < 1.29 is 0 Å². The lowest BCUT2D eigenvalue weighted by Gasteiger charge is -2.21. The van der Waals surface area contributed by atoms with Crippen LogP contribution in [0.15, 0.2) is 267 Å². The minimum absolute atomic E-state index is 0.846. The molecule has 0 atom stereocenters. The molecule has 0 radical (unpaired) electrons. The van der Waals surface area contributed by atoms with Crippen molar-refractivity contribution in [1.29, 1.82) is 0 Å². The molecule has 2 N–H and O–H groups in total. The normalized spacial score (nSPS) is 12.5. The Morgan fingerprint density at radius 3 is 0.926 bits per heavy atom. The standard InChI is InChI=1S/C92H60N2/c1-3-41-93-91-87-72-35-33-68-76-49-63(59-29-25-51-15-5-9-19-55(51)43-59)47-65-48-64(60-30-26-52-16-6-10-20-56(52)44-60)50-77(78(65)76)69-34-36-73(83(72)81(68)69)88(87)92(94-42-4-2)90-75-40-38-71-82-70(37-39-74(84(75)82)89(90)91)85-79(61-31-27-53-17-7-11-21-57(53)45-61)66-23-13-14-24-67(66)80(86(71)85)62-32-28-54-18-8-12-22-58(54)46-62/h5-40,43-50,93-94H,3-4,41-42H2,1-2H3. The third-order valence-electron chi connectivity index (χ3n) is 21.6. The molecular weight excluding hydrogens is 1130 g/mol. The Labute approximate surface area is 542 Å². The van der Waals surface area contributed by atoms with Gasteiger partial charge in [0.1, 0.15) is 0 Å². The highest BCUT2D eigenvalue weighted by molar-refractivity contribution is 6.50. The first-order valence-corrected chi connectivity index (χ1v) is 33.7. The van der Waals surface area contributed by atoms with Gasteiger partial charge in [0.2, 0.25) is 0 Å². The van der Waals surface area contributed by atoms with Gasteiger partial charge in [-0.25, -0.2) is 0 Å². The van der Waals surface area contributed by atoms with Gasteiger partial charge >= 0.3 is 0 Å². The van der Waals surface area contributed by atoms with E-state index in [1.54, 1.807) is 0 Å². The first-order valence-electron chi connectivity index (χ1n) is 33.7. The van der Waals surface area contributed by atoms with E-state index in [1.165, 1.54) is 229 Å². The molecule has 0 spiro atoms. The summed E-state index contributed by atoms with van der Waals surface area (Å²) in [4.78, 5) is 0. The average molecular weight is 1190 g/mol. The lowest BCUT2D eigenvalue weighted by atomic mass is 9.82. The van der Waals surface area contributed by atoms with E-state index in [0.29, 0.717) is 0 Å². The highest BCUT2D eigenvalue weighted by atomic mass is 14.9. The van der Waals surface area contributed by atoms with Gasteiger partial charge in [0.05, 0.1) is 11.4 Å². The van der Waals surface area contributed by atoms with Gasteiger partial charge in [-0.05, 0) is 257 Å². The highest BCUT2D eigenvalue weighted by Gasteiger charge is 2.35. The molecule has 94 heavy (non-hydrogen) atoms. The van der Waals surface area contributed by atoms with E-state index in [2.05, 4.69) is 291 Å². The van der Waals surface area contributed by atoms with E-state index >= 15 is 0 Å². The summed E-state index contributed by atoms with van der Waals surface area (Å²) in [6.45, 7) is 6.30. The Morgan fingerprint density at radius 2 is 0.521 bits per heavy atom. The predicted octanol–water partition coefficient (Wildman–Crippen LogP) is 26.1. The van der Waals surface area contributed by atoms with Crippen LogP contribution in [0.4, 0.5) is 11.4 Å². The van der Waals surface area contributed by atoms with Crippen molar-refractivity contribution >= 4 is 162 Å². The van der Waals surface area contributed by atoms with Crippen molar-refractivity contribution in [2.45, 2.75) is 26.7 Å². The second-order valence-corrected chi connectivity index (χ2v) is 26.7. The minimum Gasteiger partial charge on any atom is -0.384 e. The van der Waals surface area contributed by atoms with E-state index < -0.39 is 0 Å². The van der Waals surface area contributed by atoms with E-state index in [-0.39, 0.29) is 0 Å². The fourth-order valence-electron chi connectivity index (χ4n) is 17.6. The van der Waals surface area contributed by atoms with Crippen LogP contribution in [-0.4, -0.2) is 13.1 Å². The van der Waals surface area contributed by atoms with E-state index in [1.807, 2.05) is 0 Å². The molecule has 20 aromatic carbocycles. The zero-order chi connectivity index (χ0) is 61.6. The fourth-order valence-corrected chi connectivity index (χ4v) is 17.6. The molecule has 0 unspecified atom stereocenters. The van der Waals surface area contributed by atoms with Gasteiger partial charge in [-0.3, -0.25) is 0 Å². The van der Waals surface area contributed by atoms with Gasteiger partial charge in [-0.15, -0.1) is 0 Å². The van der Waals surface area contributed by atoms with E-state index in [9.17, 15) is 0 Å². The molecule has 0 aromatic heterocycles. The number of hydrogen-bond donors (Lipinski definition) is 2. The smallest absolute Gasteiger partial charge is 0.0514 e. The van der Waals surface area contributed by atoms with Gasteiger partial charge in [0, 0.05) is 34.6 Å². The molecule has 438 valence electrons. The molecule has 0 saturated heterocycles. The third-order valence-corrected chi connectivity index (χ3v) is 21.6. The lowest BCUT2D eigenvalue weighted by Crippen LogP contribution is -2.04. The van der Waals surface area contributed by atoms with E-state index in [4.69, 9.17) is 0 Å². The molecule has 20 aromatic rings. The Bertz CT molecular complexity index is 6300. The Balaban J connectivity index is 0.876. The van der Waals surface area contributed by atoms with Crippen LogP contribution in [0, 0.1) is 0 Å². The number of benzene rings is 18. The minimum atomic E-state index is 0.846. The van der Waals surface area contributed by atoms with Crippen LogP contribution >= 0.6 is 0 Å². The van der Waals surface area contributed by atoms with Crippen molar-refractivity contribution in [3.8, 4) is 66.8 Å². The number of hydrogen-bond acceptors (Lipinski definition) is 2. The molecule has 21 rings (SSSR count). The highest BCUT2D eigenvalue weighted by Crippen LogP contribution is 2.63.